The van der Waals surface area contributed by atoms with Gasteiger partial charge in [0, 0.05) is 19.3 Å². The molecule has 1 aliphatic heterocycles. The molecule has 2 aromatic rings. The molecule has 23 heavy (non-hydrogen) atoms. The lowest BCUT2D eigenvalue weighted by molar-refractivity contribution is -0.122. The Bertz CT molecular complexity index is 666. The Morgan fingerprint density at radius 2 is 2.26 bits per heavy atom. The largest absolute Gasteiger partial charge is 0.378 e. The van der Waals surface area contributed by atoms with Gasteiger partial charge in [-0.15, -0.1) is 5.10 Å². The number of hydrazone groups is 1. The Kier molecular flexibility index (Phi) is 4.84. The molecule has 1 aliphatic rings. The highest BCUT2D eigenvalue weighted by Gasteiger charge is 2.16. The first-order valence-corrected chi connectivity index (χ1v) is 7.15. The van der Waals surface area contributed by atoms with E-state index >= 15 is 0 Å². The summed E-state index contributed by atoms with van der Waals surface area (Å²) in [5.41, 5.74) is 3.05. The lowest BCUT2D eigenvalue weighted by atomic mass is 10.4. The summed E-state index contributed by atoms with van der Waals surface area (Å²) in [6, 6.07) is 5.42. The van der Waals surface area contributed by atoms with Crippen LogP contribution in [0, 0.1) is 0 Å². The molecule has 0 unspecified atom stereocenters. The molecule has 10 heteroatoms. The molecule has 2 aromatic heterocycles. The maximum absolute atomic E-state index is 11.8. The van der Waals surface area contributed by atoms with Gasteiger partial charge in [-0.3, -0.25) is 9.78 Å². The molecule has 1 amide bonds. The zero-order valence-corrected chi connectivity index (χ0v) is 12.4. The van der Waals surface area contributed by atoms with E-state index in [2.05, 4.69) is 30.9 Å². The normalized spacial score (nSPS) is 15.0. The van der Waals surface area contributed by atoms with Gasteiger partial charge >= 0.3 is 0 Å². The second-order valence-electron chi connectivity index (χ2n) is 4.77. The highest BCUT2D eigenvalue weighted by Crippen LogP contribution is 2.06. The quantitative estimate of drug-likeness (QED) is 0.559. The standard InChI is InChI=1S/C13H16N8O2/c22-12(16-15-9-11-3-1-2-4-14-11)10-21-18-13(17-19-21)20-5-7-23-8-6-20/h1-4,9H,5-8,10H2,(H,16,22). The second kappa shape index (κ2) is 7.40. The van der Waals surface area contributed by atoms with E-state index in [4.69, 9.17) is 4.74 Å². The van der Waals surface area contributed by atoms with Crippen LogP contribution in [0.5, 0.6) is 0 Å². The number of nitrogens with one attached hydrogen (secondary N) is 1. The first-order valence-electron chi connectivity index (χ1n) is 7.15. The highest BCUT2D eigenvalue weighted by molar-refractivity contribution is 5.80. The topological polar surface area (TPSA) is 110 Å². The third-order valence-electron chi connectivity index (χ3n) is 3.10. The minimum absolute atomic E-state index is 0.0586. The predicted octanol–water partition coefficient (Wildman–Crippen LogP) is -0.945. The maximum Gasteiger partial charge on any atom is 0.266 e. The number of amides is 1. The van der Waals surface area contributed by atoms with Crippen molar-refractivity contribution in [3.8, 4) is 0 Å². The second-order valence-corrected chi connectivity index (χ2v) is 4.77. The van der Waals surface area contributed by atoms with Crippen LogP contribution in [0.2, 0.25) is 0 Å². The Balaban J connectivity index is 1.50. The SMILES string of the molecule is O=C(Cn1nnc(N2CCOCC2)n1)NN=Cc1ccccn1. The molecular weight excluding hydrogens is 300 g/mol. The minimum Gasteiger partial charge on any atom is -0.378 e. The van der Waals surface area contributed by atoms with Gasteiger partial charge in [0.1, 0.15) is 6.54 Å². The molecule has 120 valence electrons. The fourth-order valence-electron chi connectivity index (χ4n) is 1.98. The molecule has 0 saturated carbocycles. The first kappa shape index (κ1) is 15.0. The smallest absolute Gasteiger partial charge is 0.266 e. The van der Waals surface area contributed by atoms with Crippen LogP contribution in [0.1, 0.15) is 5.69 Å². The summed E-state index contributed by atoms with van der Waals surface area (Å²) < 4.78 is 5.26. The molecule has 1 N–H and O–H groups in total. The van der Waals surface area contributed by atoms with E-state index in [1.807, 2.05) is 11.0 Å². The van der Waals surface area contributed by atoms with Crippen LogP contribution in [-0.2, 0) is 16.1 Å². The summed E-state index contributed by atoms with van der Waals surface area (Å²) >= 11 is 0. The molecule has 0 aromatic carbocycles. The number of morpholine rings is 1. The van der Waals surface area contributed by atoms with Gasteiger partial charge < -0.3 is 9.64 Å². The van der Waals surface area contributed by atoms with Gasteiger partial charge in [0.25, 0.3) is 11.9 Å². The van der Waals surface area contributed by atoms with Crippen LogP contribution in [0.4, 0.5) is 5.95 Å². The van der Waals surface area contributed by atoms with Gasteiger partial charge in [0.05, 0.1) is 25.1 Å². The van der Waals surface area contributed by atoms with Crippen molar-refractivity contribution < 1.29 is 9.53 Å². The number of carbonyl (C=O) groups excluding carboxylic acids is 1. The number of pyridine rings is 1. The Morgan fingerprint density at radius 3 is 3.04 bits per heavy atom. The number of nitrogens with zero attached hydrogens (tertiary/aromatic N) is 7. The van der Waals surface area contributed by atoms with Crippen LogP contribution in [0.25, 0.3) is 0 Å². The van der Waals surface area contributed by atoms with Crippen molar-refractivity contribution in [1.82, 2.24) is 30.6 Å². The number of carbonyl (C=O) groups is 1. The van der Waals surface area contributed by atoms with Crippen LogP contribution in [0.3, 0.4) is 0 Å². The summed E-state index contributed by atoms with van der Waals surface area (Å²) in [7, 11) is 0. The van der Waals surface area contributed by atoms with Crippen molar-refractivity contribution in [3.05, 3.63) is 30.1 Å². The predicted molar refractivity (Wildman–Crippen MR) is 80.8 cm³/mol. The summed E-state index contributed by atoms with van der Waals surface area (Å²) in [6.45, 7) is 2.64. The molecule has 3 rings (SSSR count). The molecule has 3 heterocycles. The summed E-state index contributed by atoms with van der Waals surface area (Å²) in [4.78, 5) is 19.0. The third-order valence-corrected chi connectivity index (χ3v) is 3.10. The monoisotopic (exact) mass is 316 g/mol. The minimum atomic E-state index is -0.344. The Hall–Kier alpha value is -2.88. The fourth-order valence-corrected chi connectivity index (χ4v) is 1.98. The van der Waals surface area contributed by atoms with E-state index in [1.165, 1.54) is 11.0 Å². The molecule has 10 nitrogen and oxygen atoms in total. The van der Waals surface area contributed by atoms with Crippen molar-refractivity contribution in [1.29, 1.82) is 0 Å². The molecule has 0 spiro atoms. The van der Waals surface area contributed by atoms with Crippen molar-refractivity contribution >= 4 is 18.1 Å². The molecular formula is C13H16N8O2. The molecule has 0 bridgehead atoms. The van der Waals surface area contributed by atoms with Crippen molar-refractivity contribution in [2.24, 2.45) is 5.10 Å². The zero-order chi connectivity index (χ0) is 15.9. The van der Waals surface area contributed by atoms with E-state index in [1.54, 1.807) is 18.3 Å². The average Bonchev–Trinajstić information content (AvgIpc) is 3.05. The highest BCUT2D eigenvalue weighted by atomic mass is 16.5. The number of anilines is 1. The zero-order valence-electron chi connectivity index (χ0n) is 12.4. The fraction of sp³-hybridized carbons (Fsp3) is 0.385. The van der Waals surface area contributed by atoms with E-state index in [0.29, 0.717) is 37.9 Å². The number of aromatic nitrogens is 5. The number of tetrazole rings is 1. The molecule has 1 saturated heterocycles. The Labute approximate surface area is 132 Å². The van der Waals surface area contributed by atoms with Crippen LogP contribution >= 0.6 is 0 Å². The van der Waals surface area contributed by atoms with Crippen molar-refractivity contribution in [2.75, 3.05) is 31.2 Å². The van der Waals surface area contributed by atoms with Gasteiger partial charge in [-0.25, -0.2) is 5.43 Å². The van der Waals surface area contributed by atoms with Crippen LogP contribution < -0.4 is 10.3 Å². The summed E-state index contributed by atoms with van der Waals surface area (Å²) in [5.74, 6) is 0.154. The average molecular weight is 316 g/mol. The number of ether oxygens (including phenoxy) is 1. The summed E-state index contributed by atoms with van der Waals surface area (Å²) in [6.07, 6.45) is 3.11. The van der Waals surface area contributed by atoms with Crippen LogP contribution in [-0.4, -0.2) is 63.6 Å². The number of hydrogen-bond donors (Lipinski definition) is 1. The molecule has 0 aliphatic carbocycles. The number of rotatable bonds is 5. The van der Waals surface area contributed by atoms with Gasteiger partial charge in [-0.05, 0) is 17.3 Å². The number of hydrogen-bond acceptors (Lipinski definition) is 8. The van der Waals surface area contributed by atoms with E-state index in [-0.39, 0.29) is 12.5 Å². The van der Waals surface area contributed by atoms with Crippen molar-refractivity contribution in [2.45, 2.75) is 6.54 Å². The van der Waals surface area contributed by atoms with E-state index in [0.717, 1.165) is 0 Å². The van der Waals surface area contributed by atoms with E-state index < -0.39 is 0 Å². The maximum atomic E-state index is 11.8. The first-order chi connectivity index (χ1) is 11.3. The molecule has 0 atom stereocenters. The van der Waals surface area contributed by atoms with Gasteiger partial charge in [-0.1, -0.05) is 11.2 Å². The van der Waals surface area contributed by atoms with Gasteiger partial charge in [0.15, 0.2) is 0 Å². The van der Waals surface area contributed by atoms with Gasteiger partial charge in [-0.2, -0.15) is 9.90 Å². The summed E-state index contributed by atoms with van der Waals surface area (Å²) in [5, 5.41) is 15.8. The molecule has 0 radical (unpaired) electrons. The van der Waals surface area contributed by atoms with Gasteiger partial charge in [0.2, 0.25) is 0 Å². The third kappa shape index (κ3) is 4.30. The van der Waals surface area contributed by atoms with E-state index in [9.17, 15) is 4.79 Å². The van der Waals surface area contributed by atoms with Crippen molar-refractivity contribution in [3.63, 3.8) is 0 Å². The molecule has 1 fully saturated rings. The lowest BCUT2D eigenvalue weighted by Gasteiger charge is -2.24. The van der Waals surface area contributed by atoms with Crippen LogP contribution in [0.15, 0.2) is 29.5 Å². The lowest BCUT2D eigenvalue weighted by Crippen LogP contribution is -2.37. The Morgan fingerprint density at radius 1 is 1.39 bits per heavy atom.